The third-order valence-corrected chi connectivity index (χ3v) is 4.57. The maximum atomic E-state index is 12.1. The fourth-order valence-corrected chi connectivity index (χ4v) is 2.99. The van der Waals surface area contributed by atoms with Crippen LogP contribution in [0.5, 0.6) is 0 Å². The van der Waals surface area contributed by atoms with Crippen LogP contribution in [-0.4, -0.2) is 0 Å². The van der Waals surface area contributed by atoms with Crippen molar-refractivity contribution in [2.45, 2.75) is 6.92 Å². The number of hydrogen-bond donors (Lipinski definition) is 0. The first-order valence-electron chi connectivity index (χ1n) is 9.23. The fourth-order valence-electron chi connectivity index (χ4n) is 2.99. The van der Waals surface area contributed by atoms with E-state index < -0.39 is 0 Å². The summed E-state index contributed by atoms with van der Waals surface area (Å²) in [4.78, 5) is 12.1. The maximum Gasteiger partial charge on any atom is 0.186 e. The average molecular weight is 364 g/mol. The molecule has 28 heavy (non-hydrogen) atoms. The van der Waals surface area contributed by atoms with Crippen LogP contribution < -0.4 is 5.43 Å². The smallest absolute Gasteiger partial charge is 0.186 e. The van der Waals surface area contributed by atoms with Gasteiger partial charge in [0.25, 0.3) is 0 Å². The van der Waals surface area contributed by atoms with Crippen LogP contribution in [0, 0.1) is 6.92 Å². The summed E-state index contributed by atoms with van der Waals surface area (Å²) in [6.45, 7) is 2.08. The highest BCUT2D eigenvalue weighted by Gasteiger charge is 2.07. The first-order valence-corrected chi connectivity index (χ1v) is 9.23. The zero-order chi connectivity index (χ0) is 19.3. The van der Waals surface area contributed by atoms with Gasteiger partial charge in [-0.15, -0.1) is 0 Å². The van der Waals surface area contributed by atoms with Gasteiger partial charge in [-0.05, 0) is 18.1 Å². The molecule has 0 amide bonds. The average Bonchev–Trinajstić information content (AvgIpc) is 2.74. The number of rotatable bonds is 4. The fraction of sp³-hybridized carbons (Fsp3) is 0.0385. The standard InChI is InChI=1S/C26H20O2/c1-19-7-9-20(10-8-19)11-12-21-13-15-23(16-14-21)26-18-24(27)17-25(28-26)22-5-3-2-4-6-22/h2-18H,1H3/b12-11+. The lowest BCUT2D eigenvalue weighted by Crippen LogP contribution is -1.98. The Labute approximate surface area is 164 Å². The van der Waals surface area contributed by atoms with Crippen LogP contribution in [0.1, 0.15) is 16.7 Å². The molecule has 4 rings (SSSR count). The van der Waals surface area contributed by atoms with Gasteiger partial charge in [-0.1, -0.05) is 96.6 Å². The van der Waals surface area contributed by atoms with E-state index in [1.807, 2.05) is 54.6 Å². The summed E-state index contributed by atoms with van der Waals surface area (Å²) in [5.41, 5.74) is 5.20. The third kappa shape index (κ3) is 4.18. The summed E-state index contributed by atoms with van der Waals surface area (Å²) < 4.78 is 5.99. The summed E-state index contributed by atoms with van der Waals surface area (Å²) in [5.74, 6) is 1.15. The Morgan fingerprint density at radius 3 is 1.71 bits per heavy atom. The van der Waals surface area contributed by atoms with Crippen molar-refractivity contribution in [2.24, 2.45) is 0 Å². The Hall–Kier alpha value is -3.65. The van der Waals surface area contributed by atoms with E-state index in [1.54, 1.807) is 0 Å². The van der Waals surface area contributed by atoms with Gasteiger partial charge in [-0.2, -0.15) is 0 Å². The van der Waals surface area contributed by atoms with Crippen molar-refractivity contribution in [2.75, 3.05) is 0 Å². The molecule has 2 nitrogen and oxygen atoms in total. The molecule has 0 saturated carbocycles. The van der Waals surface area contributed by atoms with Crippen molar-refractivity contribution in [1.29, 1.82) is 0 Å². The van der Waals surface area contributed by atoms with Crippen molar-refractivity contribution in [3.05, 3.63) is 118 Å². The van der Waals surface area contributed by atoms with Crippen LogP contribution in [0.2, 0.25) is 0 Å². The molecule has 0 radical (unpaired) electrons. The molecule has 0 fully saturated rings. The van der Waals surface area contributed by atoms with Crippen LogP contribution in [0.25, 0.3) is 34.8 Å². The van der Waals surface area contributed by atoms with Crippen LogP contribution in [-0.2, 0) is 0 Å². The molecule has 0 spiro atoms. The third-order valence-electron chi connectivity index (χ3n) is 4.57. The molecule has 0 saturated heterocycles. The number of benzene rings is 3. The number of aryl methyl sites for hydroxylation is 1. The highest BCUT2D eigenvalue weighted by molar-refractivity contribution is 5.71. The second kappa shape index (κ2) is 7.93. The summed E-state index contributed by atoms with van der Waals surface area (Å²) in [6.07, 6.45) is 4.16. The maximum absolute atomic E-state index is 12.1. The molecule has 0 aliphatic heterocycles. The highest BCUT2D eigenvalue weighted by atomic mass is 16.3. The largest absolute Gasteiger partial charge is 0.456 e. The molecule has 1 aromatic heterocycles. The van der Waals surface area contributed by atoms with Crippen LogP contribution in [0.15, 0.2) is 100 Å². The zero-order valence-electron chi connectivity index (χ0n) is 15.6. The molecule has 136 valence electrons. The lowest BCUT2D eigenvalue weighted by Gasteiger charge is -2.05. The van der Waals surface area contributed by atoms with Crippen LogP contribution >= 0.6 is 0 Å². The summed E-state index contributed by atoms with van der Waals surface area (Å²) >= 11 is 0. The minimum absolute atomic E-state index is 0.0663. The van der Waals surface area contributed by atoms with Gasteiger partial charge in [0.15, 0.2) is 5.43 Å². The van der Waals surface area contributed by atoms with Gasteiger partial charge in [0.1, 0.15) is 11.5 Å². The second-order valence-corrected chi connectivity index (χ2v) is 6.75. The molecule has 0 N–H and O–H groups in total. The molecule has 3 aromatic carbocycles. The van der Waals surface area contributed by atoms with Crippen molar-refractivity contribution >= 4 is 12.2 Å². The predicted molar refractivity (Wildman–Crippen MR) is 116 cm³/mol. The molecule has 0 bridgehead atoms. The molecular formula is C26H20O2. The quantitative estimate of drug-likeness (QED) is 0.389. The predicted octanol–water partition coefficient (Wildman–Crippen LogP) is 6.45. The molecule has 2 heteroatoms. The van der Waals surface area contributed by atoms with Gasteiger partial charge in [-0.25, -0.2) is 0 Å². The van der Waals surface area contributed by atoms with Crippen LogP contribution in [0.4, 0.5) is 0 Å². The minimum Gasteiger partial charge on any atom is -0.456 e. The second-order valence-electron chi connectivity index (χ2n) is 6.75. The van der Waals surface area contributed by atoms with Crippen LogP contribution in [0.3, 0.4) is 0 Å². The normalized spacial score (nSPS) is 11.0. The lowest BCUT2D eigenvalue weighted by molar-refractivity contribution is 0.580. The molecule has 4 aromatic rings. The Morgan fingerprint density at radius 1 is 0.643 bits per heavy atom. The van der Waals surface area contributed by atoms with E-state index in [2.05, 4.69) is 43.3 Å². The molecule has 0 unspecified atom stereocenters. The summed E-state index contributed by atoms with van der Waals surface area (Å²) in [6, 6.07) is 29.1. The number of hydrogen-bond acceptors (Lipinski definition) is 2. The Morgan fingerprint density at radius 2 is 1.14 bits per heavy atom. The first kappa shape index (κ1) is 17.7. The van der Waals surface area contributed by atoms with Crippen molar-refractivity contribution in [3.63, 3.8) is 0 Å². The SMILES string of the molecule is Cc1ccc(/C=C/c2ccc(-c3cc(=O)cc(-c4ccccc4)o3)cc2)cc1. The van der Waals surface area contributed by atoms with Gasteiger partial charge in [0.2, 0.25) is 0 Å². The zero-order valence-corrected chi connectivity index (χ0v) is 15.6. The van der Waals surface area contributed by atoms with Crippen molar-refractivity contribution in [1.82, 2.24) is 0 Å². The Kier molecular flexibility index (Phi) is 5.03. The summed E-state index contributed by atoms with van der Waals surface area (Å²) in [7, 11) is 0. The van der Waals surface area contributed by atoms with Crippen molar-refractivity contribution in [3.8, 4) is 22.6 Å². The van der Waals surface area contributed by atoms with E-state index in [0.717, 1.165) is 22.3 Å². The van der Waals surface area contributed by atoms with Gasteiger partial charge in [0, 0.05) is 23.3 Å². The van der Waals surface area contributed by atoms with Gasteiger partial charge in [0.05, 0.1) is 0 Å². The topological polar surface area (TPSA) is 30.2 Å². The molecular weight excluding hydrogens is 344 g/mol. The van der Waals surface area contributed by atoms with E-state index in [9.17, 15) is 4.79 Å². The van der Waals surface area contributed by atoms with E-state index in [1.165, 1.54) is 17.7 Å². The molecule has 1 heterocycles. The molecule has 0 atom stereocenters. The van der Waals surface area contributed by atoms with E-state index in [4.69, 9.17) is 4.42 Å². The van der Waals surface area contributed by atoms with Crippen molar-refractivity contribution < 1.29 is 4.42 Å². The van der Waals surface area contributed by atoms with Gasteiger partial charge < -0.3 is 4.42 Å². The molecule has 0 aliphatic carbocycles. The lowest BCUT2D eigenvalue weighted by atomic mass is 10.1. The minimum atomic E-state index is -0.0663. The first-order chi connectivity index (χ1) is 13.7. The van der Waals surface area contributed by atoms with E-state index in [0.29, 0.717) is 11.5 Å². The molecule has 0 aliphatic rings. The van der Waals surface area contributed by atoms with E-state index in [-0.39, 0.29) is 5.43 Å². The Balaban J connectivity index is 1.59. The highest BCUT2D eigenvalue weighted by Crippen LogP contribution is 2.25. The van der Waals surface area contributed by atoms with Gasteiger partial charge in [-0.3, -0.25) is 4.79 Å². The Bertz CT molecular complexity index is 1150. The van der Waals surface area contributed by atoms with Gasteiger partial charge >= 0.3 is 0 Å². The van der Waals surface area contributed by atoms with E-state index >= 15 is 0 Å². The monoisotopic (exact) mass is 364 g/mol. The summed E-state index contributed by atoms with van der Waals surface area (Å²) in [5, 5.41) is 0.